The Hall–Kier alpha value is -3.43. The van der Waals surface area contributed by atoms with Crippen LogP contribution in [0.1, 0.15) is 23.6 Å². The summed E-state index contributed by atoms with van der Waals surface area (Å²) in [6.45, 7) is 4.00. The van der Waals surface area contributed by atoms with Crippen molar-refractivity contribution < 1.29 is 4.79 Å². The van der Waals surface area contributed by atoms with Gasteiger partial charge in [0.2, 0.25) is 0 Å². The molecule has 0 aliphatic carbocycles. The summed E-state index contributed by atoms with van der Waals surface area (Å²) in [6, 6.07) is 17.3. The number of benzene rings is 2. The molecule has 146 valence electrons. The molecule has 5 nitrogen and oxygen atoms in total. The zero-order valence-electron chi connectivity index (χ0n) is 16.5. The highest BCUT2D eigenvalue weighted by atomic mass is 32.1. The minimum absolute atomic E-state index is 0.0796. The second-order valence-electron chi connectivity index (χ2n) is 6.52. The lowest BCUT2D eigenvalue weighted by Gasteiger charge is -2.08. The zero-order valence-corrected chi connectivity index (χ0v) is 17.3. The Morgan fingerprint density at radius 3 is 2.52 bits per heavy atom. The van der Waals surface area contributed by atoms with E-state index in [1.807, 2.05) is 68.4 Å². The first-order chi connectivity index (χ1) is 14.0. The summed E-state index contributed by atoms with van der Waals surface area (Å²) in [4.78, 5) is 25.7. The van der Waals surface area contributed by atoms with E-state index >= 15 is 0 Å². The molecule has 3 rings (SSSR count). The summed E-state index contributed by atoms with van der Waals surface area (Å²) in [5.74, 6) is -0.515. The highest BCUT2D eigenvalue weighted by Crippen LogP contribution is 2.12. The van der Waals surface area contributed by atoms with Gasteiger partial charge in [-0.15, -0.1) is 11.3 Å². The van der Waals surface area contributed by atoms with Gasteiger partial charge in [0.1, 0.15) is 10.7 Å². The SMILES string of the molecule is CCc1ccccc1-n1c(=O)/c(=C\c2ccc(C)cc2)s/c1=C(/C#N)C(=O)NC. The lowest BCUT2D eigenvalue weighted by atomic mass is 10.1. The maximum absolute atomic E-state index is 13.3. The van der Waals surface area contributed by atoms with Gasteiger partial charge in [0.25, 0.3) is 11.5 Å². The Bertz CT molecular complexity index is 1280. The number of nitrogens with zero attached hydrogens (tertiary/aromatic N) is 2. The number of thiazole rings is 1. The molecule has 1 heterocycles. The van der Waals surface area contributed by atoms with Crippen molar-refractivity contribution in [1.29, 1.82) is 5.26 Å². The van der Waals surface area contributed by atoms with Gasteiger partial charge in [-0.1, -0.05) is 55.0 Å². The topological polar surface area (TPSA) is 74.9 Å². The average Bonchev–Trinajstić information content (AvgIpc) is 3.05. The van der Waals surface area contributed by atoms with Crippen molar-refractivity contribution in [3.63, 3.8) is 0 Å². The first kappa shape index (κ1) is 20.3. The van der Waals surface area contributed by atoms with Gasteiger partial charge in [-0.2, -0.15) is 5.26 Å². The van der Waals surface area contributed by atoms with Crippen LogP contribution in [0.3, 0.4) is 0 Å². The molecule has 0 radical (unpaired) electrons. The Labute approximate surface area is 172 Å². The van der Waals surface area contributed by atoms with E-state index in [0.717, 1.165) is 34.4 Å². The first-order valence-corrected chi connectivity index (χ1v) is 10.1. The van der Waals surface area contributed by atoms with E-state index in [9.17, 15) is 14.9 Å². The molecule has 0 unspecified atom stereocenters. The molecular weight excluding hydrogens is 382 g/mol. The van der Waals surface area contributed by atoms with Crippen LogP contribution in [0.4, 0.5) is 0 Å². The van der Waals surface area contributed by atoms with Gasteiger partial charge in [-0.3, -0.25) is 14.2 Å². The van der Waals surface area contributed by atoms with Crippen LogP contribution in [0.15, 0.2) is 53.3 Å². The van der Waals surface area contributed by atoms with Crippen LogP contribution in [0, 0.1) is 18.3 Å². The maximum atomic E-state index is 13.3. The second-order valence-corrected chi connectivity index (χ2v) is 7.55. The number of aromatic nitrogens is 1. The number of carbonyl (C=O) groups excluding carboxylic acids is 1. The van der Waals surface area contributed by atoms with Crippen molar-refractivity contribution in [2.45, 2.75) is 20.3 Å². The number of para-hydroxylation sites is 1. The molecule has 0 saturated heterocycles. The number of hydrogen-bond acceptors (Lipinski definition) is 4. The molecule has 0 aliphatic heterocycles. The quantitative estimate of drug-likeness (QED) is 0.724. The zero-order chi connectivity index (χ0) is 21.0. The Morgan fingerprint density at radius 1 is 1.21 bits per heavy atom. The van der Waals surface area contributed by atoms with Crippen molar-refractivity contribution in [3.05, 3.63) is 84.8 Å². The highest BCUT2D eigenvalue weighted by Gasteiger charge is 2.17. The van der Waals surface area contributed by atoms with E-state index in [4.69, 9.17) is 0 Å². The maximum Gasteiger partial charge on any atom is 0.273 e. The van der Waals surface area contributed by atoms with Crippen LogP contribution in [-0.4, -0.2) is 17.5 Å². The van der Waals surface area contributed by atoms with Crippen molar-refractivity contribution in [2.24, 2.45) is 0 Å². The van der Waals surface area contributed by atoms with Gasteiger partial charge in [0.15, 0.2) is 5.57 Å². The molecule has 0 saturated carbocycles. The van der Waals surface area contributed by atoms with E-state index < -0.39 is 5.91 Å². The third kappa shape index (κ3) is 4.05. The first-order valence-electron chi connectivity index (χ1n) is 9.25. The Morgan fingerprint density at radius 2 is 1.90 bits per heavy atom. The Balaban J connectivity index is 2.44. The van der Waals surface area contributed by atoms with Gasteiger partial charge in [-0.25, -0.2) is 0 Å². The lowest BCUT2D eigenvalue weighted by molar-refractivity contribution is -0.115. The van der Waals surface area contributed by atoms with E-state index in [0.29, 0.717) is 14.9 Å². The molecule has 0 aliphatic rings. The molecule has 0 fully saturated rings. The summed E-state index contributed by atoms with van der Waals surface area (Å²) in [6.07, 6.45) is 2.51. The Kier molecular flexibility index (Phi) is 6.10. The van der Waals surface area contributed by atoms with Gasteiger partial charge >= 0.3 is 0 Å². The van der Waals surface area contributed by atoms with Gasteiger partial charge in [0.05, 0.1) is 10.2 Å². The predicted molar refractivity (Wildman–Crippen MR) is 116 cm³/mol. The number of nitriles is 1. The van der Waals surface area contributed by atoms with Crippen LogP contribution >= 0.6 is 11.3 Å². The van der Waals surface area contributed by atoms with E-state index in [-0.39, 0.29) is 11.1 Å². The van der Waals surface area contributed by atoms with Crippen molar-refractivity contribution >= 4 is 28.9 Å². The molecule has 1 N–H and O–H groups in total. The fourth-order valence-corrected chi connectivity index (χ4v) is 4.13. The fourth-order valence-electron chi connectivity index (χ4n) is 3.03. The minimum Gasteiger partial charge on any atom is -0.354 e. The van der Waals surface area contributed by atoms with Crippen molar-refractivity contribution in [1.82, 2.24) is 9.88 Å². The highest BCUT2D eigenvalue weighted by molar-refractivity contribution is 7.07. The second kappa shape index (κ2) is 8.72. The monoisotopic (exact) mass is 403 g/mol. The van der Waals surface area contributed by atoms with E-state index in [1.165, 1.54) is 11.6 Å². The smallest absolute Gasteiger partial charge is 0.273 e. The molecule has 2 aromatic carbocycles. The number of nitrogens with one attached hydrogen (secondary N) is 1. The molecule has 0 bridgehead atoms. The van der Waals surface area contributed by atoms with E-state index in [2.05, 4.69) is 5.32 Å². The molecule has 1 aromatic heterocycles. The number of hydrogen-bond donors (Lipinski definition) is 1. The third-order valence-corrected chi connectivity index (χ3v) is 5.68. The number of amides is 1. The summed E-state index contributed by atoms with van der Waals surface area (Å²) >= 11 is 1.15. The molecule has 1 amide bonds. The van der Waals surface area contributed by atoms with Crippen LogP contribution in [0.2, 0.25) is 0 Å². The van der Waals surface area contributed by atoms with Crippen LogP contribution in [0.25, 0.3) is 17.3 Å². The van der Waals surface area contributed by atoms with E-state index in [1.54, 1.807) is 6.08 Å². The minimum atomic E-state index is -0.515. The standard InChI is InChI=1S/C23H21N3O2S/c1-4-17-7-5-6-8-19(17)26-22(28)20(13-16-11-9-15(2)10-12-16)29-23(26)18(14-24)21(27)25-3/h5-13H,4H2,1-3H3,(H,25,27)/b20-13+,23-18-. The molecule has 0 spiro atoms. The summed E-state index contributed by atoms with van der Waals surface area (Å²) < 4.78 is 2.28. The predicted octanol–water partition coefficient (Wildman–Crippen LogP) is 2.02. The number of carbonyl (C=O) groups is 1. The summed E-state index contributed by atoms with van der Waals surface area (Å²) in [7, 11) is 1.47. The van der Waals surface area contributed by atoms with Gasteiger partial charge in [0, 0.05) is 7.05 Å². The summed E-state index contributed by atoms with van der Waals surface area (Å²) in [5.41, 5.74) is 3.33. The molecule has 3 aromatic rings. The van der Waals surface area contributed by atoms with Crippen LogP contribution < -0.4 is 20.1 Å². The average molecular weight is 404 g/mol. The molecule has 0 atom stereocenters. The normalized spacial score (nSPS) is 12.4. The van der Waals surface area contributed by atoms with Crippen molar-refractivity contribution in [3.8, 4) is 11.8 Å². The van der Waals surface area contributed by atoms with Crippen LogP contribution in [0.5, 0.6) is 0 Å². The van der Waals surface area contributed by atoms with Crippen molar-refractivity contribution in [2.75, 3.05) is 7.05 Å². The summed E-state index contributed by atoms with van der Waals surface area (Å²) in [5, 5.41) is 12.1. The number of aryl methyl sites for hydroxylation is 2. The molecule has 6 heteroatoms. The molecule has 29 heavy (non-hydrogen) atoms. The third-order valence-electron chi connectivity index (χ3n) is 4.59. The van der Waals surface area contributed by atoms with Crippen LogP contribution in [-0.2, 0) is 11.2 Å². The van der Waals surface area contributed by atoms with Gasteiger partial charge in [-0.05, 0) is 36.6 Å². The molecular formula is C23H21N3O2S. The van der Waals surface area contributed by atoms with Gasteiger partial charge < -0.3 is 5.32 Å². The lowest BCUT2D eigenvalue weighted by Crippen LogP contribution is -2.33. The number of rotatable bonds is 4. The fraction of sp³-hybridized carbons (Fsp3) is 0.174. The largest absolute Gasteiger partial charge is 0.354 e.